The van der Waals surface area contributed by atoms with Crippen LogP contribution in [-0.2, 0) is 14.8 Å². The summed E-state index contributed by atoms with van der Waals surface area (Å²) in [6.07, 6.45) is 4.29. The topological polar surface area (TPSA) is 145 Å². The van der Waals surface area contributed by atoms with Crippen molar-refractivity contribution in [3.8, 4) is 28.3 Å². The maximum atomic E-state index is 15.8. The molecule has 3 N–H and O–H groups in total. The van der Waals surface area contributed by atoms with Gasteiger partial charge in [0.1, 0.15) is 17.1 Å². The fourth-order valence-corrected chi connectivity index (χ4v) is 5.75. The third kappa shape index (κ3) is 5.75. The summed E-state index contributed by atoms with van der Waals surface area (Å²) in [5.74, 6) is 0.770. The number of morpholine rings is 1. The summed E-state index contributed by atoms with van der Waals surface area (Å²) in [4.78, 5) is 19.8. The van der Waals surface area contributed by atoms with Gasteiger partial charge in [0.25, 0.3) is 0 Å². The zero-order chi connectivity index (χ0) is 28.3. The van der Waals surface area contributed by atoms with Crippen LogP contribution >= 0.6 is 0 Å². The summed E-state index contributed by atoms with van der Waals surface area (Å²) >= 11 is 0. The fraction of sp³-hybridized carbons (Fsp3) is 0.333. The van der Waals surface area contributed by atoms with E-state index in [1.807, 2.05) is 6.92 Å². The molecule has 1 saturated heterocycles. The summed E-state index contributed by atoms with van der Waals surface area (Å²) in [5, 5.41) is 0.643. The zero-order valence-corrected chi connectivity index (χ0v) is 23.0. The number of aromatic nitrogens is 4. The second kappa shape index (κ2) is 11.6. The van der Waals surface area contributed by atoms with Gasteiger partial charge in [-0.1, -0.05) is 25.5 Å². The molecule has 13 heteroatoms. The molecule has 0 radical (unpaired) electrons. The van der Waals surface area contributed by atoms with E-state index in [-0.39, 0.29) is 23.0 Å². The molecule has 0 spiro atoms. The third-order valence-corrected chi connectivity index (χ3v) is 7.90. The molecule has 40 heavy (non-hydrogen) atoms. The maximum absolute atomic E-state index is 15.8. The van der Waals surface area contributed by atoms with Gasteiger partial charge in [0.15, 0.2) is 11.6 Å². The number of benzene rings is 2. The van der Waals surface area contributed by atoms with E-state index in [0.29, 0.717) is 78.6 Å². The normalized spacial score (nSPS) is 13.9. The Morgan fingerprint density at radius 2 is 1.88 bits per heavy atom. The van der Waals surface area contributed by atoms with E-state index in [1.54, 1.807) is 36.7 Å². The second-order valence-corrected chi connectivity index (χ2v) is 11.2. The summed E-state index contributed by atoms with van der Waals surface area (Å²) in [6.45, 7) is 4.14. The minimum Gasteiger partial charge on any atom is -0.494 e. The molecule has 0 bridgehead atoms. The molecule has 0 amide bonds. The van der Waals surface area contributed by atoms with E-state index < -0.39 is 15.8 Å². The van der Waals surface area contributed by atoms with Gasteiger partial charge in [0.2, 0.25) is 16.0 Å². The number of rotatable bonds is 9. The van der Waals surface area contributed by atoms with Crippen molar-refractivity contribution >= 4 is 38.4 Å². The summed E-state index contributed by atoms with van der Waals surface area (Å²) in [7, 11) is -2.18. The van der Waals surface area contributed by atoms with E-state index >= 15 is 4.39 Å². The SMILES string of the molecule is CCCCS(=O)(=O)Nc1cccc(-c2cc(OC)c3nc(-c4cnc(N)nc4)nc(N4CCOCC4)c3c2)c1F. The number of fused-ring (bicyclic) bond motifs is 1. The molecule has 1 aliphatic heterocycles. The Morgan fingerprint density at radius 3 is 2.58 bits per heavy atom. The highest BCUT2D eigenvalue weighted by atomic mass is 32.2. The number of methoxy groups -OCH3 is 1. The first-order valence-electron chi connectivity index (χ1n) is 12.9. The molecule has 0 aliphatic carbocycles. The summed E-state index contributed by atoms with van der Waals surface area (Å²) in [6, 6.07) is 8.07. The molecule has 4 aromatic rings. The Labute approximate surface area is 231 Å². The smallest absolute Gasteiger partial charge is 0.232 e. The van der Waals surface area contributed by atoms with Crippen molar-refractivity contribution in [3.63, 3.8) is 0 Å². The molecule has 1 aliphatic rings. The molecule has 2 aromatic carbocycles. The number of unbranched alkanes of at least 4 members (excludes halogenated alkanes) is 1. The molecule has 5 rings (SSSR count). The Kier molecular flexibility index (Phi) is 7.94. The van der Waals surface area contributed by atoms with Crippen molar-refractivity contribution < 1.29 is 22.3 Å². The lowest BCUT2D eigenvalue weighted by Crippen LogP contribution is -2.37. The Hall–Kier alpha value is -4.10. The van der Waals surface area contributed by atoms with Gasteiger partial charge in [-0.15, -0.1) is 0 Å². The molecule has 0 unspecified atom stereocenters. The zero-order valence-electron chi connectivity index (χ0n) is 22.2. The molecule has 2 aromatic heterocycles. The predicted octanol–water partition coefficient (Wildman–Crippen LogP) is 3.86. The van der Waals surface area contributed by atoms with Crippen LogP contribution in [0.4, 0.5) is 21.8 Å². The molecule has 0 saturated carbocycles. The standard InChI is InChI=1S/C27H30FN7O4S/c1-3-4-12-40(36,37)34-21-7-5-6-19(23(21)28)17-13-20-24(22(14-17)38-2)32-25(18-15-30-27(29)31-16-18)33-26(20)35-8-10-39-11-9-35/h5-7,13-16,34H,3-4,8-12H2,1-2H3,(H2,29,30,31). The molecular formula is C27H30FN7O4S. The van der Waals surface area contributed by atoms with Crippen LogP contribution < -0.4 is 20.1 Å². The van der Waals surface area contributed by atoms with Crippen molar-refractivity contribution in [1.82, 2.24) is 19.9 Å². The molecular weight excluding hydrogens is 537 g/mol. The first-order chi connectivity index (χ1) is 19.3. The lowest BCUT2D eigenvalue weighted by molar-refractivity contribution is 0.122. The van der Waals surface area contributed by atoms with Crippen LogP contribution in [0, 0.1) is 5.82 Å². The van der Waals surface area contributed by atoms with Crippen molar-refractivity contribution in [2.24, 2.45) is 0 Å². The highest BCUT2D eigenvalue weighted by Crippen LogP contribution is 2.39. The summed E-state index contributed by atoms with van der Waals surface area (Å²) < 4.78 is 54.4. The number of nitrogens with one attached hydrogen (secondary N) is 1. The molecule has 1 fully saturated rings. The van der Waals surface area contributed by atoms with Gasteiger partial charge in [-0.2, -0.15) is 0 Å². The average molecular weight is 568 g/mol. The van der Waals surface area contributed by atoms with E-state index in [9.17, 15) is 8.42 Å². The van der Waals surface area contributed by atoms with E-state index in [1.165, 1.54) is 13.2 Å². The fourth-order valence-electron chi connectivity index (χ4n) is 4.48. The molecule has 3 heterocycles. The van der Waals surface area contributed by atoms with Crippen LogP contribution in [-0.4, -0.2) is 67.5 Å². The highest BCUT2D eigenvalue weighted by molar-refractivity contribution is 7.92. The van der Waals surface area contributed by atoms with Gasteiger partial charge in [-0.05, 0) is 30.2 Å². The Balaban J connectivity index is 1.66. The van der Waals surface area contributed by atoms with Crippen LogP contribution in [0.2, 0.25) is 0 Å². The molecule has 0 atom stereocenters. The number of hydrogen-bond donors (Lipinski definition) is 2. The largest absolute Gasteiger partial charge is 0.494 e. The average Bonchev–Trinajstić information content (AvgIpc) is 2.97. The van der Waals surface area contributed by atoms with Gasteiger partial charge < -0.3 is 20.1 Å². The quantitative estimate of drug-likeness (QED) is 0.306. The number of sulfonamides is 1. The molecule has 210 valence electrons. The van der Waals surface area contributed by atoms with Crippen molar-refractivity contribution in [2.75, 3.05) is 54.5 Å². The van der Waals surface area contributed by atoms with Gasteiger partial charge in [-0.25, -0.2) is 32.7 Å². The predicted molar refractivity (Wildman–Crippen MR) is 152 cm³/mol. The number of anilines is 3. The number of nitrogens with zero attached hydrogens (tertiary/aromatic N) is 5. The number of ether oxygens (including phenoxy) is 2. The maximum Gasteiger partial charge on any atom is 0.232 e. The van der Waals surface area contributed by atoms with Crippen LogP contribution in [0.15, 0.2) is 42.7 Å². The van der Waals surface area contributed by atoms with Gasteiger partial charge >= 0.3 is 0 Å². The number of hydrogen-bond acceptors (Lipinski definition) is 10. The van der Waals surface area contributed by atoms with Crippen LogP contribution in [0.3, 0.4) is 0 Å². The number of nitrogen functional groups attached to an aromatic ring is 1. The van der Waals surface area contributed by atoms with E-state index in [2.05, 4.69) is 19.6 Å². The van der Waals surface area contributed by atoms with Crippen molar-refractivity contribution in [3.05, 3.63) is 48.5 Å². The van der Waals surface area contributed by atoms with E-state index in [4.69, 9.17) is 25.2 Å². The monoisotopic (exact) mass is 567 g/mol. The lowest BCUT2D eigenvalue weighted by Gasteiger charge is -2.29. The first-order valence-corrected chi connectivity index (χ1v) is 14.5. The number of halogens is 1. The third-order valence-electron chi connectivity index (χ3n) is 6.55. The van der Waals surface area contributed by atoms with E-state index in [0.717, 1.165) is 0 Å². The minimum absolute atomic E-state index is 0.0847. The summed E-state index contributed by atoms with van der Waals surface area (Å²) in [5.41, 5.74) is 7.34. The van der Waals surface area contributed by atoms with Gasteiger partial charge in [0.05, 0.1) is 37.3 Å². The van der Waals surface area contributed by atoms with Crippen molar-refractivity contribution in [1.29, 1.82) is 0 Å². The second-order valence-electron chi connectivity index (χ2n) is 9.32. The Bertz CT molecular complexity index is 1630. The first kappa shape index (κ1) is 27.5. The minimum atomic E-state index is -3.69. The lowest BCUT2D eigenvalue weighted by atomic mass is 10.0. The van der Waals surface area contributed by atoms with Gasteiger partial charge in [-0.3, -0.25) is 4.72 Å². The van der Waals surface area contributed by atoms with Crippen LogP contribution in [0.5, 0.6) is 5.75 Å². The van der Waals surface area contributed by atoms with Crippen LogP contribution in [0.25, 0.3) is 33.4 Å². The number of nitrogens with two attached hydrogens (primary N) is 1. The van der Waals surface area contributed by atoms with Crippen LogP contribution in [0.1, 0.15) is 19.8 Å². The Morgan fingerprint density at radius 1 is 1.12 bits per heavy atom. The highest BCUT2D eigenvalue weighted by Gasteiger charge is 2.23. The molecule has 11 nitrogen and oxygen atoms in total. The van der Waals surface area contributed by atoms with Crippen molar-refractivity contribution in [2.45, 2.75) is 19.8 Å². The van der Waals surface area contributed by atoms with Gasteiger partial charge in [0, 0.05) is 36.4 Å².